The van der Waals surface area contributed by atoms with Crippen LogP contribution in [0.2, 0.25) is 0 Å². The van der Waals surface area contributed by atoms with Gasteiger partial charge >= 0.3 is 5.97 Å². The van der Waals surface area contributed by atoms with Crippen LogP contribution < -0.4 is 5.32 Å². The number of aliphatic hydroxyl groups excluding tert-OH is 1. The normalized spacial score (nSPS) is 21.1. The van der Waals surface area contributed by atoms with Gasteiger partial charge in [-0.1, -0.05) is 60.7 Å². The number of aliphatic carboxylic acids is 1. The van der Waals surface area contributed by atoms with Gasteiger partial charge in [-0.25, -0.2) is 0 Å². The van der Waals surface area contributed by atoms with Crippen molar-refractivity contribution in [1.29, 1.82) is 0 Å². The zero-order valence-corrected chi connectivity index (χ0v) is 23.6. The predicted molar refractivity (Wildman–Crippen MR) is 156 cm³/mol. The third-order valence-electron chi connectivity index (χ3n) is 7.66. The smallest absolute Gasteiger partial charge is 0.303 e. The number of nitrogens with one attached hydrogen (secondary N) is 1. The van der Waals surface area contributed by atoms with Gasteiger partial charge in [0.15, 0.2) is 6.29 Å². The highest BCUT2D eigenvalue weighted by Gasteiger charge is 2.33. The molecule has 0 unspecified atom stereocenters. The van der Waals surface area contributed by atoms with Crippen LogP contribution in [-0.4, -0.2) is 65.9 Å². The Morgan fingerprint density at radius 2 is 1.60 bits per heavy atom. The number of rotatable bonds is 11. The van der Waals surface area contributed by atoms with Gasteiger partial charge in [0.2, 0.25) is 5.91 Å². The highest BCUT2D eigenvalue weighted by atomic mass is 16.7. The fourth-order valence-corrected chi connectivity index (χ4v) is 5.34. The van der Waals surface area contributed by atoms with Gasteiger partial charge in [0, 0.05) is 44.6 Å². The lowest BCUT2D eigenvalue weighted by molar-refractivity contribution is -0.253. The molecule has 0 aliphatic carbocycles. The van der Waals surface area contributed by atoms with Crippen molar-refractivity contribution in [2.45, 2.75) is 50.9 Å². The first-order valence-electron chi connectivity index (χ1n) is 14.5. The van der Waals surface area contributed by atoms with Gasteiger partial charge in [-0.05, 0) is 39.9 Å². The summed E-state index contributed by atoms with van der Waals surface area (Å²) in [4.78, 5) is 25.1. The van der Waals surface area contributed by atoms with Crippen molar-refractivity contribution in [3.63, 3.8) is 0 Å². The molecule has 3 atom stereocenters. The lowest BCUT2D eigenvalue weighted by Gasteiger charge is -2.39. The van der Waals surface area contributed by atoms with Gasteiger partial charge in [0.25, 0.3) is 0 Å². The number of nitrogens with zero attached hydrogens (tertiary/aromatic N) is 1. The van der Waals surface area contributed by atoms with Crippen LogP contribution in [0.4, 0.5) is 0 Å². The zero-order valence-electron chi connectivity index (χ0n) is 23.6. The average Bonchev–Trinajstić information content (AvgIpc) is 3.03. The number of carbonyl (C=O) groups excluding carboxylic acids is 1. The van der Waals surface area contributed by atoms with Crippen LogP contribution in [0.25, 0.3) is 11.1 Å². The first-order valence-corrected chi connectivity index (χ1v) is 14.5. The minimum atomic E-state index is -0.990. The van der Waals surface area contributed by atoms with Crippen molar-refractivity contribution < 1.29 is 34.0 Å². The van der Waals surface area contributed by atoms with Crippen LogP contribution in [0.1, 0.15) is 53.9 Å². The molecule has 0 bridgehead atoms. The minimum Gasteiger partial charge on any atom is -0.481 e. The van der Waals surface area contributed by atoms with E-state index in [4.69, 9.17) is 19.3 Å². The highest BCUT2D eigenvalue weighted by molar-refractivity contribution is 5.80. The van der Waals surface area contributed by atoms with Crippen molar-refractivity contribution in [2.24, 2.45) is 0 Å². The molecule has 2 aliphatic heterocycles. The lowest BCUT2D eigenvalue weighted by Crippen LogP contribution is -2.44. The number of amides is 1. The second-order valence-electron chi connectivity index (χ2n) is 10.8. The van der Waals surface area contributed by atoms with Crippen LogP contribution in [0.5, 0.6) is 0 Å². The monoisotopic (exact) mass is 574 g/mol. The van der Waals surface area contributed by atoms with E-state index in [0.29, 0.717) is 6.54 Å². The second kappa shape index (κ2) is 14.5. The summed E-state index contributed by atoms with van der Waals surface area (Å²) >= 11 is 0. The first kappa shape index (κ1) is 29.9. The first-order chi connectivity index (χ1) is 20.5. The fraction of sp³-hybridized carbons (Fsp3) is 0.394. The number of ether oxygens (including phenoxy) is 3. The molecule has 2 aliphatic rings. The summed E-state index contributed by atoms with van der Waals surface area (Å²) in [7, 11) is 0. The highest BCUT2D eigenvalue weighted by Crippen LogP contribution is 2.39. The van der Waals surface area contributed by atoms with Crippen molar-refractivity contribution in [1.82, 2.24) is 10.2 Å². The molecule has 0 radical (unpaired) electrons. The molecule has 5 rings (SSSR count). The molecule has 9 nitrogen and oxygen atoms in total. The van der Waals surface area contributed by atoms with Crippen LogP contribution >= 0.6 is 0 Å². The SMILES string of the molecule is O=C(O)CCC(=O)NCc1cccc(-c2cccc([C@H]3O[C@@H](CN4CCOCC4)C[C@@H](c4ccc(CO)cc4)O3)c2)c1. The number of hydrogen-bond acceptors (Lipinski definition) is 7. The Morgan fingerprint density at radius 1 is 0.857 bits per heavy atom. The van der Waals surface area contributed by atoms with E-state index < -0.39 is 12.3 Å². The van der Waals surface area contributed by atoms with E-state index in [-0.39, 0.29) is 37.6 Å². The number of aliphatic hydroxyl groups is 1. The van der Waals surface area contributed by atoms with Gasteiger partial charge < -0.3 is 29.7 Å². The van der Waals surface area contributed by atoms with Crippen molar-refractivity contribution >= 4 is 11.9 Å². The third kappa shape index (κ3) is 8.24. The van der Waals surface area contributed by atoms with Crippen molar-refractivity contribution in [3.8, 4) is 11.1 Å². The number of carboxylic acid groups (broad SMARTS) is 1. The van der Waals surface area contributed by atoms with E-state index >= 15 is 0 Å². The Balaban J connectivity index is 1.32. The van der Waals surface area contributed by atoms with Gasteiger partial charge in [-0.2, -0.15) is 0 Å². The third-order valence-corrected chi connectivity index (χ3v) is 7.66. The molecule has 42 heavy (non-hydrogen) atoms. The molecular weight excluding hydrogens is 536 g/mol. The number of benzene rings is 3. The van der Waals surface area contributed by atoms with Crippen LogP contribution in [0.3, 0.4) is 0 Å². The van der Waals surface area contributed by atoms with Crippen LogP contribution in [-0.2, 0) is 37.0 Å². The fourth-order valence-electron chi connectivity index (χ4n) is 5.34. The maximum atomic E-state index is 12.0. The predicted octanol–water partition coefficient (Wildman–Crippen LogP) is 4.20. The van der Waals surface area contributed by atoms with Crippen LogP contribution in [0.15, 0.2) is 72.8 Å². The number of carbonyl (C=O) groups is 2. The molecule has 2 saturated heterocycles. The Bertz CT molecular complexity index is 1340. The van der Waals surface area contributed by atoms with E-state index in [2.05, 4.69) is 16.3 Å². The van der Waals surface area contributed by atoms with Gasteiger partial charge in [0.1, 0.15) is 0 Å². The van der Waals surface area contributed by atoms with Crippen molar-refractivity contribution in [2.75, 3.05) is 32.8 Å². The van der Waals surface area contributed by atoms with E-state index in [0.717, 1.165) is 72.6 Å². The number of carboxylic acids is 1. The van der Waals surface area contributed by atoms with E-state index in [1.807, 2.05) is 66.7 Å². The molecule has 0 spiro atoms. The number of morpholine rings is 1. The van der Waals surface area contributed by atoms with Crippen molar-refractivity contribution in [3.05, 3.63) is 95.1 Å². The zero-order chi connectivity index (χ0) is 29.3. The van der Waals surface area contributed by atoms with Gasteiger partial charge in [-0.15, -0.1) is 0 Å². The molecular formula is C33H38N2O7. The maximum absolute atomic E-state index is 12.0. The van der Waals surface area contributed by atoms with E-state index in [9.17, 15) is 14.7 Å². The molecule has 2 heterocycles. The van der Waals surface area contributed by atoms with Gasteiger partial charge in [-0.3, -0.25) is 14.5 Å². The molecule has 1 amide bonds. The summed E-state index contributed by atoms with van der Waals surface area (Å²) in [6, 6.07) is 23.9. The summed E-state index contributed by atoms with van der Waals surface area (Å²) in [5.41, 5.74) is 5.75. The Hall–Kier alpha value is -3.60. The molecule has 3 N–H and O–H groups in total. The quantitative estimate of drug-likeness (QED) is 0.312. The molecule has 9 heteroatoms. The van der Waals surface area contributed by atoms with E-state index in [1.54, 1.807) is 0 Å². The Morgan fingerprint density at radius 3 is 2.33 bits per heavy atom. The summed E-state index contributed by atoms with van der Waals surface area (Å²) in [5, 5.41) is 21.1. The summed E-state index contributed by atoms with van der Waals surface area (Å²) < 4.78 is 18.6. The Labute approximate surface area is 246 Å². The van der Waals surface area contributed by atoms with E-state index in [1.165, 1.54) is 0 Å². The largest absolute Gasteiger partial charge is 0.481 e. The lowest BCUT2D eigenvalue weighted by atomic mass is 9.98. The van der Waals surface area contributed by atoms with Crippen LogP contribution in [0, 0.1) is 0 Å². The molecule has 3 aromatic rings. The summed E-state index contributed by atoms with van der Waals surface area (Å²) in [6.45, 7) is 4.34. The Kier molecular flexibility index (Phi) is 10.3. The standard InChI is InChI=1S/C33H38N2O7/c36-22-23-7-9-25(10-8-23)30-19-29(21-35-13-15-40-16-14-35)41-33(42-30)28-6-2-5-27(18-28)26-4-1-3-24(17-26)20-34-31(37)11-12-32(38)39/h1-10,17-18,29-30,33,36H,11-16,19-22H2,(H,34,37)(H,38,39)/t29-,30+,33+/m1/s1. The summed E-state index contributed by atoms with van der Waals surface area (Å²) in [5.74, 6) is -1.28. The maximum Gasteiger partial charge on any atom is 0.303 e. The minimum absolute atomic E-state index is 0.00226. The van der Waals surface area contributed by atoms with Gasteiger partial charge in [0.05, 0.1) is 38.4 Å². The summed E-state index contributed by atoms with van der Waals surface area (Å²) in [6.07, 6.45) is -0.236. The molecule has 222 valence electrons. The molecule has 2 fully saturated rings. The average molecular weight is 575 g/mol. The molecule has 3 aromatic carbocycles. The topological polar surface area (TPSA) is 118 Å². The number of hydrogen-bond donors (Lipinski definition) is 3. The molecule has 0 saturated carbocycles. The molecule has 0 aromatic heterocycles. The second-order valence-corrected chi connectivity index (χ2v) is 10.8.